The van der Waals surface area contributed by atoms with Crippen LogP contribution in [0.15, 0.2) is 47.3 Å². The minimum Gasteiger partial charge on any atom is -0.459 e. The van der Waals surface area contributed by atoms with E-state index in [-0.39, 0.29) is 34.8 Å². The molecule has 1 aliphatic rings. The predicted octanol–water partition coefficient (Wildman–Crippen LogP) is 3.69. The number of piperazine rings is 1. The van der Waals surface area contributed by atoms with E-state index in [9.17, 15) is 14.9 Å². The summed E-state index contributed by atoms with van der Waals surface area (Å²) < 4.78 is 10.8. The monoisotopic (exact) mass is 443 g/mol. The minimum absolute atomic E-state index is 0.128. The molecule has 0 radical (unpaired) electrons. The largest absolute Gasteiger partial charge is 0.459 e. The second kappa shape index (κ2) is 8.60. The minimum atomic E-state index is -0.576. The van der Waals surface area contributed by atoms with Gasteiger partial charge in [-0.2, -0.15) is 4.98 Å². The Bertz CT molecular complexity index is 1110. The molecule has 1 aromatic carbocycles. The van der Waals surface area contributed by atoms with Crippen LogP contribution in [0.4, 0.5) is 11.5 Å². The number of rotatable bonds is 5. The summed E-state index contributed by atoms with van der Waals surface area (Å²) in [5, 5.41) is 12.2. The molecule has 2 aromatic heterocycles. The molecule has 1 saturated heterocycles. The highest BCUT2D eigenvalue weighted by atomic mass is 35.5. The fraction of sp³-hybridized carbons (Fsp3) is 0.250. The molecule has 1 aliphatic heterocycles. The van der Waals surface area contributed by atoms with E-state index in [1.165, 1.54) is 12.6 Å². The Hall–Kier alpha value is -3.66. The normalized spacial score (nSPS) is 13.9. The van der Waals surface area contributed by atoms with Gasteiger partial charge in [-0.1, -0.05) is 17.7 Å². The first-order valence-corrected chi connectivity index (χ1v) is 9.83. The number of hydrogen-bond acceptors (Lipinski definition) is 8. The van der Waals surface area contributed by atoms with Gasteiger partial charge in [0.2, 0.25) is 5.82 Å². The first-order chi connectivity index (χ1) is 14.9. The third-order valence-electron chi connectivity index (χ3n) is 4.84. The number of ether oxygens (including phenoxy) is 1. The van der Waals surface area contributed by atoms with E-state index < -0.39 is 4.92 Å². The highest BCUT2D eigenvalue weighted by molar-refractivity contribution is 6.32. The molecule has 4 rings (SSSR count). The van der Waals surface area contributed by atoms with E-state index in [2.05, 4.69) is 9.97 Å². The van der Waals surface area contributed by atoms with Gasteiger partial charge in [0.15, 0.2) is 5.76 Å². The van der Waals surface area contributed by atoms with Crippen LogP contribution in [0.2, 0.25) is 5.02 Å². The van der Waals surface area contributed by atoms with Crippen molar-refractivity contribution in [2.45, 2.75) is 6.92 Å². The molecule has 3 heterocycles. The summed E-state index contributed by atoms with van der Waals surface area (Å²) in [4.78, 5) is 35.2. The van der Waals surface area contributed by atoms with Crippen molar-refractivity contribution in [1.82, 2.24) is 14.9 Å². The van der Waals surface area contributed by atoms with Gasteiger partial charge in [0.25, 0.3) is 5.91 Å². The summed E-state index contributed by atoms with van der Waals surface area (Å²) in [5.41, 5.74) is 0.571. The average molecular weight is 444 g/mol. The maximum absolute atomic E-state index is 12.4. The number of hydrogen-bond donors (Lipinski definition) is 0. The molecule has 0 aliphatic carbocycles. The molecular weight excluding hydrogens is 426 g/mol. The highest BCUT2D eigenvalue weighted by Crippen LogP contribution is 2.38. The Morgan fingerprint density at radius 2 is 2.00 bits per heavy atom. The molecule has 3 aromatic rings. The number of nitro groups is 1. The van der Waals surface area contributed by atoms with Gasteiger partial charge in [0.1, 0.15) is 12.1 Å². The molecule has 1 amide bonds. The zero-order valence-electron chi connectivity index (χ0n) is 16.5. The van der Waals surface area contributed by atoms with Gasteiger partial charge in [-0.05, 0) is 36.8 Å². The third-order valence-corrected chi connectivity index (χ3v) is 5.14. The van der Waals surface area contributed by atoms with Gasteiger partial charge < -0.3 is 19.0 Å². The second-order valence-corrected chi connectivity index (χ2v) is 7.31. The van der Waals surface area contributed by atoms with Crippen molar-refractivity contribution in [2.75, 3.05) is 31.1 Å². The lowest BCUT2D eigenvalue weighted by Gasteiger charge is -2.34. The smallest absolute Gasteiger partial charge is 0.373 e. The summed E-state index contributed by atoms with van der Waals surface area (Å²) >= 11 is 6.19. The van der Waals surface area contributed by atoms with Crippen LogP contribution in [-0.2, 0) is 0 Å². The van der Waals surface area contributed by atoms with Crippen LogP contribution in [0.1, 0.15) is 16.1 Å². The van der Waals surface area contributed by atoms with Crippen molar-refractivity contribution in [2.24, 2.45) is 0 Å². The molecule has 31 heavy (non-hydrogen) atoms. The van der Waals surface area contributed by atoms with Crippen LogP contribution < -0.4 is 9.64 Å². The zero-order valence-corrected chi connectivity index (χ0v) is 17.3. The summed E-state index contributed by atoms with van der Waals surface area (Å²) in [6.07, 6.45) is 2.65. The molecule has 0 unspecified atom stereocenters. The van der Waals surface area contributed by atoms with Crippen molar-refractivity contribution in [3.8, 4) is 11.6 Å². The SMILES string of the molecule is Cc1ccc(Oc2ncnc(N3CCN(C(=O)c4ccco4)CC3)c2[N+](=O)[O-])c(Cl)c1. The van der Waals surface area contributed by atoms with Crippen LogP contribution in [0.5, 0.6) is 11.6 Å². The van der Waals surface area contributed by atoms with E-state index in [4.69, 9.17) is 20.8 Å². The predicted molar refractivity (Wildman–Crippen MR) is 112 cm³/mol. The van der Waals surface area contributed by atoms with Gasteiger partial charge in [-0.15, -0.1) is 0 Å². The van der Waals surface area contributed by atoms with Crippen LogP contribution in [0.3, 0.4) is 0 Å². The van der Waals surface area contributed by atoms with E-state index in [0.717, 1.165) is 5.56 Å². The van der Waals surface area contributed by atoms with Gasteiger partial charge in [-0.25, -0.2) is 4.98 Å². The number of aryl methyl sites for hydroxylation is 1. The number of nitrogens with zero attached hydrogens (tertiary/aromatic N) is 5. The first-order valence-electron chi connectivity index (χ1n) is 9.45. The molecule has 10 nitrogen and oxygen atoms in total. The van der Waals surface area contributed by atoms with E-state index in [1.807, 2.05) is 6.92 Å². The van der Waals surface area contributed by atoms with Gasteiger partial charge >= 0.3 is 11.6 Å². The Labute approximate surface area is 182 Å². The van der Waals surface area contributed by atoms with Gasteiger partial charge in [0.05, 0.1) is 16.2 Å². The Kier molecular flexibility index (Phi) is 5.72. The molecular formula is C20H18ClN5O5. The summed E-state index contributed by atoms with van der Waals surface area (Å²) in [6.45, 7) is 3.31. The van der Waals surface area contributed by atoms with Gasteiger partial charge in [-0.3, -0.25) is 14.9 Å². The number of amides is 1. The van der Waals surface area contributed by atoms with E-state index >= 15 is 0 Å². The Morgan fingerprint density at radius 3 is 2.65 bits per heavy atom. The molecule has 0 saturated carbocycles. The maximum Gasteiger partial charge on any atom is 0.373 e. The number of furan rings is 1. The lowest BCUT2D eigenvalue weighted by molar-refractivity contribution is -0.385. The molecule has 0 spiro atoms. The van der Waals surface area contributed by atoms with Crippen molar-refractivity contribution < 1.29 is 18.9 Å². The number of carbonyl (C=O) groups excluding carboxylic acids is 1. The average Bonchev–Trinajstić information content (AvgIpc) is 3.30. The molecule has 0 N–H and O–H groups in total. The van der Waals surface area contributed by atoms with E-state index in [1.54, 1.807) is 40.1 Å². The molecule has 160 valence electrons. The lowest BCUT2D eigenvalue weighted by Crippen LogP contribution is -2.49. The molecule has 1 fully saturated rings. The van der Waals surface area contributed by atoms with Crippen LogP contribution in [0.25, 0.3) is 0 Å². The number of carbonyl (C=O) groups is 1. The van der Waals surface area contributed by atoms with Crippen molar-refractivity contribution in [3.63, 3.8) is 0 Å². The van der Waals surface area contributed by atoms with Gasteiger partial charge in [0, 0.05) is 26.2 Å². The highest BCUT2D eigenvalue weighted by Gasteiger charge is 2.32. The van der Waals surface area contributed by atoms with Crippen molar-refractivity contribution in [1.29, 1.82) is 0 Å². The molecule has 0 atom stereocenters. The zero-order chi connectivity index (χ0) is 22.0. The third kappa shape index (κ3) is 4.29. The lowest BCUT2D eigenvalue weighted by atomic mass is 10.2. The molecule has 0 bridgehead atoms. The van der Waals surface area contributed by atoms with E-state index in [0.29, 0.717) is 31.2 Å². The fourth-order valence-corrected chi connectivity index (χ4v) is 3.56. The Morgan fingerprint density at radius 1 is 1.23 bits per heavy atom. The van der Waals surface area contributed by atoms with Crippen molar-refractivity contribution in [3.05, 3.63) is 69.4 Å². The number of halogens is 1. The molecule has 11 heteroatoms. The summed E-state index contributed by atoms with van der Waals surface area (Å²) in [6, 6.07) is 8.35. The second-order valence-electron chi connectivity index (χ2n) is 6.90. The summed E-state index contributed by atoms with van der Waals surface area (Å²) in [5.74, 6) is 0.221. The van der Waals surface area contributed by atoms with Crippen molar-refractivity contribution >= 4 is 29.0 Å². The summed E-state index contributed by atoms with van der Waals surface area (Å²) in [7, 11) is 0. The number of benzene rings is 1. The standard InChI is InChI=1S/C20H18ClN5O5/c1-13-4-5-15(14(21)11-13)31-19-17(26(28)29)18(22-12-23-19)24-6-8-25(9-7-24)20(27)16-3-2-10-30-16/h2-5,10-12H,6-9H2,1H3. The van der Waals surface area contributed by atoms with Crippen LogP contribution >= 0.6 is 11.6 Å². The number of aromatic nitrogens is 2. The van der Waals surface area contributed by atoms with Crippen LogP contribution in [0, 0.1) is 17.0 Å². The topological polar surface area (TPSA) is 115 Å². The maximum atomic E-state index is 12.4. The Balaban J connectivity index is 1.56. The van der Waals surface area contributed by atoms with Crippen LogP contribution in [-0.4, -0.2) is 51.9 Å². The quantitative estimate of drug-likeness (QED) is 0.433. The fourth-order valence-electron chi connectivity index (χ4n) is 3.29. The first kappa shape index (κ1) is 20.6. The number of anilines is 1.